The zero-order valence-corrected chi connectivity index (χ0v) is 11.2. The highest BCUT2D eigenvalue weighted by atomic mass is 16.5. The summed E-state index contributed by atoms with van der Waals surface area (Å²) < 4.78 is 5.49. The van der Waals surface area contributed by atoms with Crippen molar-refractivity contribution >= 4 is 0 Å². The largest absolute Gasteiger partial charge is 0.381 e. The number of benzene rings is 1. The van der Waals surface area contributed by atoms with Gasteiger partial charge in [-0.05, 0) is 55.7 Å². The van der Waals surface area contributed by atoms with Gasteiger partial charge >= 0.3 is 0 Å². The van der Waals surface area contributed by atoms with E-state index in [4.69, 9.17) is 4.74 Å². The van der Waals surface area contributed by atoms with Gasteiger partial charge in [-0.1, -0.05) is 24.3 Å². The van der Waals surface area contributed by atoms with Crippen LogP contribution in [-0.2, 0) is 17.6 Å². The van der Waals surface area contributed by atoms with E-state index in [-0.39, 0.29) is 0 Å². The Labute approximate surface area is 110 Å². The van der Waals surface area contributed by atoms with Gasteiger partial charge in [0.1, 0.15) is 0 Å². The molecule has 1 aliphatic heterocycles. The molecule has 18 heavy (non-hydrogen) atoms. The maximum Gasteiger partial charge on any atom is 0.0469 e. The van der Waals surface area contributed by atoms with Crippen molar-refractivity contribution in [2.45, 2.75) is 31.7 Å². The summed E-state index contributed by atoms with van der Waals surface area (Å²) in [5.41, 5.74) is 3.13. The minimum Gasteiger partial charge on any atom is -0.381 e. The second kappa shape index (κ2) is 5.41. The molecule has 1 unspecified atom stereocenters. The van der Waals surface area contributed by atoms with E-state index in [0.717, 1.165) is 25.0 Å². The minimum absolute atomic E-state index is 0.654. The van der Waals surface area contributed by atoms with Crippen LogP contribution in [-0.4, -0.2) is 26.3 Å². The summed E-state index contributed by atoms with van der Waals surface area (Å²) >= 11 is 0. The molecule has 1 aliphatic carbocycles. The van der Waals surface area contributed by atoms with Gasteiger partial charge in [0.2, 0.25) is 0 Å². The van der Waals surface area contributed by atoms with E-state index in [1.54, 1.807) is 11.1 Å². The van der Waals surface area contributed by atoms with Crippen LogP contribution in [0, 0.1) is 11.8 Å². The summed E-state index contributed by atoms with van der Waals surface area (Å²) in [6, 6.07) is 9.59. The number of fused-ring (bicyclic) bond motifs is 1. The number of rotatable bonds is 3. The molecule has 2 nitrogen and oxygen atoms in total. The van der Waals surface area contributed by atoms with Crippen LogP contribution >= 0.6 is 0 Å². The van der Waals surface area contributed by atoms with E-state index in [9.17, 15) is 0 Å². The second-order valence-corrected chi connectivity index (χ2v) is 5.70. The first-order valence-corrected chi connectivity index (χ1v) is 7.20. The molecule has 1 aromatic carbocycles. The van der Waals surface area contributed by atoms with Crippen molar-refractivity contribution in [3.05, 3.63) is 35.4 Å². The number of ether oxygens (including phenoxy) is 1. The van der Waals surface area contributed by atoms with E-state index < -0.39 is 0 Å². The SMILES string of the molecule is CNC(C1CCOCC1)C1Cc2ccccc2C1. The molecule has 0 radical (unpaired) electrons. The lowest BCUT2D eigenvalue weighted by atomic mass is 9.82. The van der Waals surface area contributed by atoms with Gasteiger partial charge in [0.25, 0.3) is 0 Å². The van der Waals surface area contributed by atoms with E-state index >= 15 is 0 Å². The highest BCUT2D eigenvalue weighted by molar-refractivity contribution is 5.32. The van der Waals surface area contributed by atoms with Crippen molar-refractivity contribution in [1.29, 1.82) is 0 Å². The lowest BCUT2D eigenvalue weighted by molar-refractivity contribution is 0.0465. The molecule has 3 rings (SSSR count). The van der Waals surface area contributed by atoms with Gasteiger partial charge in [-0.2, -0.15) is 0 Å². The number of hydrogen-bond donors (Lipinski definition) is 1. The van der Waals surface area contributed by atoms with Gasteiger partial charge in [0.15, 0.2) is 0 Å². The van der Waals surface area contributed by atoms with E-state index in [2.05, 4.69) is 36.6 Å². The molecule has 1 N–H and O–H groups in total. The van der Waals surface area contributed by atoms with Crippen LogP contribution in [0.1, 0.15) is 24.0 Å². The molecule has 2 aliphatic rings. The molecule has 2 heteroatoms. The Morgan fingerprint density at radius 1 is 1.06 bits per heavy atom. The third-order valence-electron chi connectivity index (χ3n) is 4.70. The molecule has 1 atom stereocenters. The fourth-order valence-corrected chi connectivity index (χ4v) is 3.78. The van der Waals surface area contributed by atoms with Gasteiger partial charge in [0, 0.05) is 19.3 Å². The van der Waals surface area contributed by atoms with Crippen molar-refractivity contribution in [1.82, 2.24) is 5.32 Å². The quantitative estimate of drug-likeness (QED) is 0.883. The molecule has 1 saturated heterocycles. The van der Waals surface area contributed by atoms with Gasteiger partial charge in [-0.15, -0.1) is 0 Å². The molecular formula is C16H23NO. The first-order valence-electron chi connectivity index (χ1n) is 7.20. The fourth-order valence-electron chi connectivity index (χ4n) is 3.78. The number of hydrogen-bond acceptors (Lipinski definition) is 2. The van der Waals surface area contributed by atoms with Crippen LogP contribution < -0.4 is 5.32 Å². The maximum absolute atomic E-state index is 5.49. The zero-order chi connectivity index (χ0) is 12.4. The van der Waals surface area contributed by atoms with Crippen LogP contribution in [0.25, 0.3) is 0 Å². The summed E-state index contributed by atoms with van der Waals surface area (Å²) in [6.07, 6.45) is 4.94. The van der Waals surface area contributed by atoms with Crippen LogP contribution in [0.5, 0.6) is 0 Å². The van der Waals surface area contributed by atoms with Crippen LogP contribution in [0.15, 0.2) is 24.3 Å². The van der Waals surface area contributed by atoms with Crippen molar-refractivity contribution in [2.75, 3.05) is 20.3 Å². The van der Waals surface area contributed by atoms with Gasteiger partial charge in [0.05, 0.1) is 0 Å². The Kier molecular flexibility index (Phi) is 3.67. The summed E-state index contributed by atoms with van der Waals surface area (Å²) in [7, 11) is 2.13. The monoisotopic (exact) mass is 245 g/mol. The van der Waals surface area contributed by atoms with Crippen molar-refractivity contribution in [3.8, 4) is 0 Å². The minimum atomic E-state index is 0.654. The van der Waals surface area contributed by atoms with E-state index in [1.807, 2.05) is 0 Å². The predicted octanol–water partition coefficient (Wildman–Crippen LogP) is 2.42. The summed E-state index contributed by atoms with van der Waals surface area (Å²) in [6.45, 7) is 1.89. The standard InChI is InChI=1S/C16H23NO/c1-17-16(12-6-8-18-9-7-12)15-10-13-4-2-3-5-14(13)11-15/h2-5,12,15-17H,6-11H2,1H3. The Balaban J connectivity index is 1.71. The average Bonchev–Trinajstić information content (AvgIpc) is 2.84. The first-order chi connectivity index (χ1) is 8.88. The molecule has 0 saturated carbocycles. The molecule has 1 fully saturated rings. The summed E-state index contributed by atoms with van der Waals surface area (Å²) in [5, 5.41) is 3.59. The smallest absolute Gasteiger partial charge is 0.0469 e. The van der Waals surface area contributed by atoms with Crippen LogP contribution in [0.2, 0.25) is 0 Å². The van der Waals surface area contributed by atoms with E-state index in [0.29, 0.717) is 6.04 Å². The highest BCUT2D eigenvalue weighted by Crippen LogP contribution is 2.33. The molecule has 0 amide bonds. The molecule has 98 valence electrons. The van der Waals surface area contributed by atoms with Crippen LogP contribution in [0.4, 0.5) is 0 Å². The Morgan fingerprint density at radius 2 is 1.67 bits per heavy atom. The molecule has 0 bridgehead atoms. The lowest BCUT2D eigenvalue weighted by Gasteiger charge is -2.34. The lowest BCUT2D eigenvalue weighted by Crippen LogP contribution is -2.43. The predicted molar refractivity (Wildman–Crippen MR) is 73.7 cm³/mol. The van der Waals surface area contributed by atoms with Gasteiger partial charge in [-0.3, -0.25) is 0 Å². The Morgan fingerprint density at radius 3 is 2.22 bits per heavy atom. The molecule has 1 aromatic rings. The normalized spacial score (nSPS) is 22.9. The third kappa shape index (κ3) is 2.32. The maximum atomic E-state index is 5.49. The van der Waals surface area contributed by atoms with Gasteiger partial charge < -0.3 is 10.1 Å². The second-order valence-electron chi connectivity index (χ2n) is 5.70. The zero-order valence-electron chi connectivity index (χ0n) is 11.2. The molecule has 0 spiro atoms. The third-order valence-corrected chi connectivity index (χ3v) is 4.70. The number of nitrogens with one attached hydrogen (secondary N) is 1. The summed E-state index contributed by atoms with van der Waals surface area (Å²) in [4.78, 5) is 0. The molecule has 0 aromatic heterocycles. The van der Waals surface area contributed by atoms with Crippen molar-refractivity contribution < 1.29 is 4.74 Å². The fraction of sp³-hybridized carbons (Fsp3) is 0.625. The Hall–Kier alpha value is -0.860. The topological polar surface area (TPSA) is 21.3 Å². The van der Waals surface area contributed by atoms with E-state index in [1.165, 1.54) is 25.7 Å². The molecular weight excluding hydrogens is 222 g/mol. The van der Waals surface area contributed by atoms with Crippen molar-refractivity contribution in [2.24, 2.45) is 11.8 Å². The average molecular weight is 245 g/mol. The van der Waals surface area contributed by atoms with Crippen molar-refractivity contribution in [3.63, 3.8) is 0 Å². The van der Waals surface area contributed by atoms with Gasteiger partial charge in [-0.25, -0.2) is 0 Å². The first kappa shape index (κ1) is 12.2. The summed E-state index contributed by atoms with van der Waals surface area (Å²) in [5.74, 6) is 1.57. The highest BCUT2D eigenvalue weighted by Gasteiger charge is 2.33. The Bertz CT molecular complexity index is 373. The molecule has 1 heterocycles. The van der Waals surface area contributed by atoms with Crippen LogP contribution in [0.3, 0.4) is 0 Å².